The average molecular weight is 342 g/mol. The molecule has 88 valence electrons. The molecule has 15 heavy (non-hydrogen) atoms. The van der Waals surface area contributed by atoms with Gasteiger partial charge >= 0.3 is 5.97 Å². The highest BCUT2D eigenvalue weighted by Gasteiger charge is 2.38. The summed E-state index contributed by atoms with van der Waals surface area (Å²) in [6.07, 6.45) is 3.57. The van der Waals surface area contributed by atoms with Gasteiger partial charge in [0.1, 0.15) is 5.60 Å². The van der Waals surface area contributed by atoms with Gasteiger partial charge in [0, 0.05) is 0 Å². The predicted molar refractivity (Wildman–Crippen MR) is 68.3 cm³/mol. The number of halogens is 2. The van der Waals surface area contributed by atoms with Gasteiger partial charge in [-0.2, -0.15) is 0 Å². The van der Waals surface area contributed by atoms with Gasteiger partial charge in [-0.15, -0.1) is 0 Å². The molecule has 4 heteroatoms. The van der Waals surface area contributed by atoms with E-state index in [2.05, 4.69) is 38.8 Å². The molecule has 0 aromatic carbocycles. The zero-order chi connectivity index (χ0) is 11.6. The van der Waals surface area contributed by atoms with Crippen LogP contribution in [0.5, 0.6) is 0 Å². The number of carbonyl (C=O) groups excluding carboxylic acids is 1. The highest BCUT2D eigenvalue weighted by molar-refractivity contribution is 9.25. The van der Waals surface area contributed by atoms with Crippen LogP contribution in [0, 0.1) is 11.8 Å². The second-order valence-corrected chi connectivity index (χ2v) is 8.00. The molecule has 0 aromatic rings. The zero-order valence-electron chi connectivity index (χ0n) is 9.43. The number of alkyl halides is 2. The van der Waals surface area contributed by atoms with Crippen molar-refractivity contribution in [3.8, 4) is 0 Å². The molecule has 2 nitrogen and oxygen atoms in total. The van der Waals surface area contributed by atoms with Gasteiger partial charge in [-0.05, 0) is 38.5 Å². The molecule has 1 aliphatic rings. The first-order chi connectivity index (χ1) is 6.83. The van der Waals surface area contributed by atoms with E-state index < -0.39 is 3.74 Å². The zero-order valence-corrected chi connectivity index (χ0v) is 12.6. The molecule has 2 unspecified atom stereocenters. The third kappa shape index (κ3) is 3.74. The Bertz CT molecular complexity index is 239. The van der Waals surface area contributed by atoms with Crippen molar-refractivity contribution >= 4 is 37.8 Å². The van der Waals surface area contributed by atoms with Crippen molar-refractivity contribution in [2.24, 2.45) is 11.8 Å². The third-order valence-corrected chi connectivity index (χ3v) is 3.97. The van der Waals surface area contributed by atoms with E-state index in [4.69, 9.17) is 4.74 Å². The summed E-state index contributed by atoms with van der Waals surface area (Å²) in [4.78, 5) is 11.5. The maximum absolute atomic E-state index is 11.5. The SMILES string of the molecule is CC1CCC(C(C)(C)OC(=O)C(Br)Br)C1. The lowest BCUT2D eigenvalue weighted by atomic mass is 9.88. The Morgan fingerprint density at radius 2 is 2.00 bits per heavy atom. The first-order valence-electron chi connectivity index (χ1n) is 5.34. The van der Waals surface area contributed by atoms with Crippen molar-refractivity contribution in [2.75, 3.05) is 0 Å². The number of hydrogen-bond acceptors (Lipinski definition) is 2. The topological polar surface area (TPSA) is 26.3 Å². The van der Waals surface area contributed by atoms with Crippen LogP contribution in [-0.2, 0) is 9.53 Å². The molecule has 0 amide bonds. The molecule has 0 radical (unpaired) electrons. The Hall–Kier alpha value is 0.430. The molecule has 0 aliphatic heterocycles. The second kappa shape index (κ2) is 5.17. The van der Waals surface area contributed by atoms with Gasteiger partial charge in [0.05, 0.1) is 0 Å². The van der Waals surface area contributed by atoms with E-state index >= 15 is 0 Å². The number of carbonyl (C=O) groups is 1. The van der Waals surface area contributed by atoms with E-state index in [9.17, 15) is 4.79 Å². The quantitative estimate of drug-likeness (QED) is 0.575. The van der Waals surface area contributed by atoms with Crippen molar-refractivity contribution in [3.05, 3.63) is 0 Å². The smallest absolute Gasteiger partial charge is 0.331 e. The van der Waals surface area contributed by atoms with Crippen molar-refractivity contribution in [2.45, 2.75) is 49.4 Å². The van der Waals surface area contributed by atoms with Crippen LogP contribution in [0.15, 0.2) is 0 Å². The van der Waals surface area contributed by atoms with Crippen molar-refractivity contribution < 1.29 is 9.53 Å². The van der Waals surface area contributed by atoms with Gasteiger partial charge in [-0.3, -0.25) is 0 Å². The third-order valence-electron chi connectivity index (χ3n) is 3.22. The summed E-state index contributed by atoms with van der Waals surface area (Å²) in [5, 5.41) is 0. The summed E-state index contributed by atoms with van der Waals surface area (Å²) in [7, 11) is 0. The summed E-state index contributed by atoms with van der Waals surface area (Å²) >= 11 is 6.31. The van der Waals surface area contributed by atoms with E-state index in [0.717, 1.165) is 18.8 Å². The molecule has 1 saturated carbocycles. The van der Waals surface area contributed by atoms with Gasteiger partial charge in [0.25, 0.3) is 0 Å². The van der Waals surface area contributed by atoms with Gasteiger partial charge in [0.2, 0.25) is 0 Å². The minimum Gasteiger partial charge on any atom is -0.458 e. The second-order valence-electron chi connectivity index (χ2n) is 4.94. The molecular weight excluding hydrogens is 324 g/mol. The van der Waals surface area contributed by atoms with Crippen molar-refractivity contribution in [1.82, 2.24) is 0 Å². The first kappa shape index (κ1) is 13.5. The minimum absolute atomic E-state index is 0.237. The molecule has 0 saturated heterocycles. The molecule has 0 bridgehead atoms. The van der Waals surface area contributed by atoms with Crippen molar-refractivity contribution in [1.29, 1.82) is 0 Å². The Labute approximate surface area is 108 Å². The summed E-state index contributed by atoms with van der Waals surface area (Å²) in [6, 6.07) is 0. The first-order valence-corrected chi connectivity index (χ1v) is 7.17. The van der Waals surface area contributed by atoms with Gasteiger partial charge in [-0.25, -0.2) is 4.79 Å². The summed E-state index contributed by atoms with van der Waals surface area (Å²) in [5.41, 5.74) is -0.346. The van der Waals surface area contributed by atoms with E-state index in [1.807, 2.05) is 13.8 Å². The Kier molecular flexibility index (Phi) is 4.65. The Morgan fingerprint density at radius 3 is 2.40 bits per heavy atom. The molecule has 0 heterocycles. The Morgan fingerprint density at radius 1 is 1.40 bits per heavy atom. The van der Waals surface area contributed by atoms with Crippen LogP contribution >= 0.6 is 31.9 Å². The lowest BCUT2D eigenvalue weighted by Gasteiger charge is -2.31. The van der Waals surface area contributed by atoms with Gasteiger partial charge in [-0.1, -0.05) is 45.2 Å². The molecule has 0 N–H and O–H groups in total. The van der Waals surface area contributed by atoms with Crippen LogP contribution in [0.4, 0.5) is 0 Å². The van der Waals surface area contributed by atoms with Crippen LogP contribution in [0.2, 0.25) is 0 Å². The maximum Gasteiger partial charge on any atom is 0.331 e. The molecule has 1 rings (SSSR count). The fraction of sp³-hybridized carbons (Fsp3) is 0.909. The number of rotatable bonds is 3. The van der Waals surface area contributed by atoms with E-state index in [0.29, 0.717) is 5.92 Å². The number of ether oxygens (including phenoxy) is 1. The molecule has 0 spiro atoms. The number of hydrogen-bond donors (Lipinski definition) is 0. The molecular formula is C11H18Br2O2. The summed E-state index contributed by atoms with van der Waals surface area (Å²) in [5.74, 6) is 1.02. The lowest BCUT2D eigenvalue weighted by molar-refractivity contribution is -0.158. The van der Waals surface area contributed by atoms with Crippen LogP contribution in [-0.4, -0.2) is 15.3 Å². The molecule has 1 aliphatic carbocycles. The van der Waals surface area contributed by atoms with E-state index in [1.54, 1.807) is 0 Å². The molecule has 0 aromatic heterocycles. The highest BCUT2D eigenvalue weighted by atomic mass is 79.9. The van der Waals surface area contributed by atoms with Gasteiger partial charge in [0.15, 0.2) is 3.74 Å². The van der Waals surface area contributed by atoms with Gasteiger partial charge < -0.3 is 4.74 Å². The fourth-order valence-electron chi connectivity index (χ4n) is 2.23. The number of esters is 1. The van der Waals surface area contributed by atoms with E-state index in [-0.39, 0.29) is 11.6 Å². The van der Waals surface area contributed by atoms with Crippen LogP contribution in [0.25, 0.3) is 0 Å². The normalized spacial score (nSPS) is 27.1. The summed E-state index contributed by atoms with van der Waals surface area (Å²) < 4.78 is 5.10. The molecule has 2 atom stereocenters. The lowest BCUT2D eigenvalue weighted by Crippen LogP contribution is -2.37. The maximum atomic E-state index is 11.5. The van der Waals surface area contributed by atoms with Crippen LogP contribution < -0.4 is 0 Å². The Balaban J connectivity index is 2.55. The van der Waals surface area contributed by atoms with Crippen LogP contribution in [0.3, 0.4) is 0 Å². The molecule has 1 fully saturated rings. The summed E-state index contributed by atoms with van der Waals surface area (Å²) in [6.45, 7) is 6.28. The monoisotopic (exact) mass is 340 g/mol. The minimum atomic E-state index is -0.400. The average Bonchev–Trinajstić information content (AvgIpc) is 2.51. The standard InChI is InChI=1S/C11H18Br2O2/c1-7-4-5-8(6-7)11(2,3)15-10(14)9(12)13/h7-9H,4-6H2,1-3H3. The predicted octanol–water partition coefficient (Wildman–Crippen LogP) is 3.86. The van der Waals surface area contributed by atoms with Crippen molar-refractivity contribution in [3.63, 3.8) is 0 Å². The van der Waals surface area contributed by atoms with Crippen LogP contribution in [0.1, 0.15) is 40.0 Å². The fourth-order valence-corrected chi connectivity index (χ4v) is 2.41. The van der Waals surface area contributed by atoms with E-state index in [1.165, 1.54) is 6.42 Å². The largest absolute Gasteiger partial charge is 0.458 e. The highest BCUT2D eigenvalue weighted by Crippen LogP contribution is 2.39.